The molecule has 0 atom stereocenters. The molecule has 0 aliphatic rings. The molecule has 0 aromatic carbocycles. The van der Waals surface area contributed by atoms with Crippen LogP contribution >= 0.6 is 15.9 Å². The van der Waals surface area contributed by atoms with E-state index in [0.717, 1.165) is 0 Å². The van der Waals surface area contributed by atoms with Crippen molar-refractivity contribution in [3.8, 4) is 0 Å². The topological polar surface area (TPSA) is 57.5 Å². The Labute approximate surface area is 114 Å². The fraction of sp³-hybridized carbons (Fsp3) is 0.500. The maximum atomic E-state index is 11.7. The third kappa shape index (κ3) is 4.18. The van der Waals surface area contributed by atoms with E-state index in [1.165, 1.54) is 11.7 Å². The first kappa shape index (κ1) is 14.8. The molecule has 5 nitrogen and oxygen atoms in total. The highest BCUT2D eigenvalue weighted by atomic mass is 79.9. The number of hydrogen-bond donors (Lipinski definition) is 0. The Bertz CT molecular complexity index is 459. The molecule has 1 rings (SSSR count). The van der Waals surface area contributed by atoms with Gasteiger partial charge in [-0.3, -0.25) is 4.79 Å². The molecule has 0 aliphatic heterocycles. The van der Waals surface area contributed by atoms with Crippen LogP contribution in [-0.2, 0) is 20.8 Å². The quantitative estimate of drug-likeness (QED) is 0.803. The van der Waals surface area contributed by atoms with Gasteiger partial charge in [0.1, 0.15) is 17.8 Å². The van der Waals surface area contributed by atoms with Crippen molar-refractivity contribution >= 4 is 27.9 Å². The first-order chi connectivity index (χ1) is 8.23. The molecule has 18 heavy (non-hydrogen) atoms. The van der Waals surface area contributed by atoms with Gasteiger partial charge in [-0.15, -0.1) is 0 Å². The number of methoxy groups -OCH3 is 1. The molecule has 1 aromatic heterocycles. The van der Waals surface area contributed by atoms with Crippen molar-refractivity contribution in [2.45, 2.75) is 32.9 Å². The van der Waals surface area contributed by atoms with E-state index in [0.29, 0.717) is 10.2 Å². The molecule has 100 valence electrons. The summed E-state index contributed by atoms with van der Waals surface area (Å²) in [4.78, 5) is 23.2. The Balaban J connectivity index is 2.84. The van der Waals surface area contributed by atoms with Gasteiger partial charge in [-0.2, -0.15) is 0 Å². The first-order valence-corrected chi connectivity index (χ1v) is 6.18. The lowest BCUT2D eigenvalue weighted by molar-refractivity contribution is -0.155. The number of nitrogens with zero attached hydrogens (tertiary/aromatic N) is 1. The average Bonchev–Trinajstić information content (AvgIpc) is 2.55. The Hall–Kier alpha value is -1.30. The van der Waals surface area contributed by atoms with E-state index in [1.807, 2.05) is 0 Å². The molecule has 0 amide bonds. The SMILES string of the molecule is COC(=O)c1cc(Br)cn1CC(=O)OC(C)(C)C. The third-order valence-electron chi connectivity index (χ3n) is 1.98. The summed E-state index contributed by atoms with van der Waals surface area (Å²) >= 11 is 3.25. The zero-order valence-corrected chi connectivity index (χ0v) is 12.4. The van der Waals surface area contributed by atoms with Gasteiger partial charge in [0.05, 0.1) is 7.11 Å². The standard InChI is InChI=1S/C12H16BrNO4/c1-12(2,3)18-10(15)7-14-6-8(13)5-9(14)11(16)17-4/h5-6H,7H2,1-4H3. The van der Waals surface area contributed by atoms with Crippen LogP contribution in [0.4, 0.5) is 0 Å². The van der Waals surface area contributed by atoms with Crippen LogP contribution < -0.4 is 0 Å². The van der Waals surface area contributed by atoms with Crippen LogP contribution in [0.25, 0.3) is 0 Å². The van der Waals surface area contributed by atoms with Crippen molar-refractivity contribution < 1.29 is 19.1 Å². The van der Waals surface area contributed by atoms with Crippen molar-refractivity contribution in [2.75, 3.05) is 7.11 Å². The fourth-order valence-corrected chi connectivity index (χ4v) is 1.86. The second-order valence-corrected chi connectivity index (χ2v) is 5.67. The lowest BCUT2D eigenvalue weighted by atomic mass is 10.2. The summed E-state index contributed by atoms with van der Waals surface area (Å²) in [5.41, 5.74) is -0.248. The van der Waals surface area contributed by atoms with Crippen molar-refractivity contribution in [3.05, 3.63) is 22.4 Å². The van der Waals surface area contributed by atoms with Gasteiger partial charge < -0.3 is 14.0 Å². The number of ether oxygens (including phenoxy) is 2. The number of hydrogen-bond acceptors (Lipinski definition) is 4. The molecule has 0 spiro atoms. The molecule has 0 unspecified atom stereocenters. The second kappa shape index (κ2) is 5.56. The molecule has 0 radical (unpaired) electrons. The highest BCUT2D eigenvalue weighted by molar-refractivity contribution is 9.10. The molecule has 0 saturated carbocycles. The van der Waals surface area contributed by atoms with E-state index >= 15 is 0 Å². The van der Waals surface area contributed by atoms with Gasteiger partial charge in [-0.1, -0.05) is 0 Å². The maximum absolute atomic E-state index is 11.7. The van der Waals surface area contributed by atoms with Crippen LogP contribution in [-0.4, -0.2) is 29.2 Å². The molecular formula is C12H16BrNO4. The van der Waals surface area contributed by atoms with Gasteiger partial charge in [-0.05, 0) is 42.8 Å². The van der Waals surface area contributed by atoms with Crippen LogP contribution in [0.5, 0.6) is 0 Å². The van der Waals surface area contributed by atoms with Crippen LogP contribution in [0.2, 0.25) is 0 Å². The lowest BCUT2D eigenvalue weighted by Gasteiger charge is -2.19. The summed E-state index contributed by atoms with van der Waals surface area (Å²) < 4.78 is 12.0. The molecule has 1 aromatic rings. The minimum absolute atomic E-state index is 0.0344. The summed E-state index contributed by atoms with van der Waals surface area (Å²) in [6.45, 7) is 5.33. The van der Waals surface area contributed by atoms with Gasteiger partial charge in [-0.25, -0.2) is 4.79 Å². The minimum Gasteiger partial charge on any atom is -0.464 e. The summed E-state index contributed by atoms with van der Waals surface area (Å²) in [5, 5.41) is 0. The Morgan fingerprint density at radius 2 is 2.00 bits per heavy atom. The van der Waals surface area contributed by atoms with Gasteiger partial charge in [0.2, 0.25) is 0 Å². The van der Waals surface area contributed by atoms with Crippen LogP contribution in [0.15, 0.2) is 16.7 Å². The van der Waals surface area contributed by atoms with Crippen molar-refractivity contribution in [1.29, 1.82) is 0 Å². The molecule has 0 aliphatic carbocycles. The van der Waals surface area contributed by atoms with E-state index in [2.05, 4.69) is 20.7 Å². The number of esters is 2. The van der Waals surface area contributed by atoms with Crippen molar-refractivity contribution in [3.63, 3.8) is 0 Å². The molecule has 6 heteroatoms. The average molecular weight is 318 g/mol. The first-order valence-electron chi connectivity index (χ1n) is 5.39. The number of aromatic nitrogens is 1. The monoisotopic (exact) mass is 317 g/mol. The zero-order valence-electron chi connectivity index (χ0n) is 10.8. The minimum atomic E-state index is -0.549. The highest BCUT2D eigenvalue weighted by Gasteiger charge is 2.20. The Morgan fingerprint density at radius 1 is 1.39 bits per heavy atom. The van der Waals surface area contributed by atoms with Crippen LogP contribution in [0.1, 0.15) is 31.3 Å². The third-order valence-corrected chi connectivity index (χ3v) is 2.41. The number of carbonyl (C=O) groups excluding carboxylic acids is 2. The van der Waals surface area contributed by atoms with Gasteiger partial charge in [0, 0.05) is 10.7 Å². The molecular weight excluding hydrogens is 302 g/mol. The van der Waals surface area contributed by atoms with Crippen molar-refractivity contribution in [2.24, 2.45) is 0 Å². The summed E-state index contributed by atoms with van der Waals surface area (Å²) in [5.74, 6) is -0.903. The Kier molecular flexibility index (Phi) is 4.56. The maximum Gasteiger partial charge on any atom is 0.354 e. The Morgan fingerprint density at radius 3 is 2.50 bits per heavy atom. The van der Waals surface area contributed by atoms with E-state index in [9.17, 15) is 9.59 Å². The second-order valence-electron chi connectivity index (χ2n) is 4.75. The van der Waals surface area contributed by atoms with Gasteiger partial charge in [0.25, 0.3) is 0 Å². The van der Waals surface area contributed by atoms with E-state index in [-0.39, 0.29) is 6.54 Å². The molecule has 0 fully saturated rings. The lowest BCUT2D eigenvalue weighted by Crippen LogP contribution is -2.27. The molecule has 0 N–H and O–H groups in total. The summed E-state index contributed by atoms with van der Waals surface area (Å²) in [6, 6.07) is 1.59. The normalized spacial score (nSPS) is 11.2. The smallest absolute Gasteiger partial charge is 0.354 e. The summed E-state index contributed by atoms with van der Waals surface area (Å²) in [7, 11) is 1.29. The van der Waals surface area contributed by atoms with Crippen molar-refractivity contribution in [1.82, 2.24) is 4.57 Å². The van der Waals surface area contributed by atoms with E-state index in [4.69, 9.17) is 4.74 Å². The van der Waals surface area contributed by atoms with E-state index < -0.39 is 17.5 Å². The van der Waals surface area contributed by atoms with Crippen LogP contribution in [0.3, 0.4) is 0 Å². The highest BCUT2D eigenvalue weighted by Crippen LogP contribution is 2.17. The van der Waals surface area contributed by atoms with Gasteiger partial charge in [0.15, 0.2) is 0 Å². The fourth-order valence-electron chi connectivity index (χ4n) is 1.39. The predicted octanol–water partition coefficient (Wildman–Crippen LogP) is 2.38. The van der Waals surface area contributed by atoms with E-state index in [1.54, 1.807) is 33.0 Å². The molecule has 0 saturated heterocycles. The number of halogens is 1. The summed E-state index contributed by atoms with van der Waals surface area (Å²) in [6.07, 6.45) is 1.64. The van der Waals surface area contributed by atoms with Crippen LogP contribution in [0, 0.1) is 0 Å². The largest absolute Gasteiger partial charge is 0.464 e. The predicted molar refractivity (Wildman–Crippen MR) is 69.3 cm³/mol. The molecule has 0 bridgehead atoms. The van der Waals surface area contributed by atoms with Gasteiger partial charge >= 0.3 is 11.9 Å². The number of carbonyl (C=O) groups is 2. The molecule has 1 heterocycles. The zero-order chi connectivity index (χ0) is 13.9. The number of rotatable bonds is 3.